The van der Waals surface area contributed by atoms with Gasteiger partial charge in [0.1, 0.15) is 4.88 Å². The van der Waals surface area contributed by atoms with Crippen LogP contribution in [0.15, 0.2) is 16.3 Å². The van der Waals surface area contributed by atoms with Gasteiger partial charge in [-0.15, -0.1) is 23.1 Å². The molecule has 1 saturated heterocycles. The number of thioether (sulfide) groups is 1. The van der Waals surface area contributed by atoms with E-state index in [1.54, 1.807) is 17.8 Å². The molecule has 0 radical (unpaired) electrons. The van der Waals surface area contributed by atoms with Crippen molar-refractivity contribution in [3.8, 4) is 0 Å². The number of carboxylic acids is 1. The lowest BCUT2D eigenvalue weighted by Gasteiger charge is -2.23. The van der Waals surface area contributed by atoms with Crippen LogP contribution in [0.1, 0.15) is 35.9 Å². The lowest BCUT2D eigenvalue weighted by molar-refractivity contribution is -0.128. The summed E-state index contributed by atoms with van der Waals surface area (Å²) in [6.07, 6.45) is 2.66. The summed E-state index contributed by atoms with van der Waals surface area (Å²) >= 11 is 2.91. The van der Waals surface area contributed by atoms with E-state index in [1.807, 2.05) is 11.0 Å². The maximum atomic E-state index is 11.7. The summed E-state index contributed by atoms with van der Waals surface area (Å²) in [6.45, 7) is 2.87. The van der Waals surface area contributed by atoms with Crippen molar-refractivity contribution in [1.29, 1.82) is 0 Å². The van der Waals surface area contributed by atoms with Gasteiger partial charge in [-0.3, -0.25) is 4.79 Å². The molecule has 1 amide bonds. The monoisotopic (exact) mass is 299 g/mol. The Morgan fingerprint density at radius 1 is 1.58 bits per heavy atom. The summed E-state index contributed by atoms with van der Waals surface area (Å²) in [7, 11) is 0. The van der Waals surface area contributed by atoms with Crippen LogP contribution < -0.4 is 0 Å². The van der Waals surface area contributed by atoms with Gasteiger partial charge in [0.25, 0.3) is 0 Å². The Balaban J connectivity index is 1.82. The van der Waals surface area contributed by atoms with Gasteiger partial charge in [-0.05, 0) is 25.0 Å². The minimum atomic E-state index is -0.877. The van der Waals surface area contributed by atoms with Crippen LogP contribution in [0.2, 0.25) is 0 Å². The highest BCUT2D eigenvalue weighted by atomic mass is 32.2. The molecule has 1 N–H and O–H groups in total. The van der Waals surface area contributed by atoms with Crippen molar-refractivity contribution < 1.29 is 14.7 Å². The predicted molar refractivity (Wildman–Crippen MR) is 77.0 cm³/mol. The number of carbonyl (C=O) groups is 2. The zero-order valence-corrected chi connectivity index (χ0v) is 12.4. The Hall–Kier alpha value is -1.01. The van der Waals surface area contributed by atoms with Crippen LogP contribution in [0.5, 0.6) is 0 Å². The van der Waals surface area contributed by atoms with Crippen LogP contribution in [0.4, 0.5) is 0 Å². The van der Waals surface area contributed by atoms with E-state index in [-0.39, 0.29) is 5.91 Å². The zero-order valence-electron chi connectivity index (χ0n) is 10.8. The normalized spacial score (nSPS) is 19.1. The molecule has 0 spiro atoms. The van der Waals surface area contributed by atoms with Gasteiger partial charge in [0, 0.05) is 24.8 Å². The summed E-state index contributed by atoms with van der Waals surface area (Å²) in [5.41, 5.74) is 0. The van der Waals surface area contributed by atoms with Crippen molar-refractivity contribution in [2.24, 2.45) is 0 Å². The van der Waals surface area contributed by atoms with Gasteiger partial charge in [0.2, 0.25) is 5.91 Å². The van der Waals surface area contributed by atoms with E-state index in [9.17, 15) is 9.59 Å². The van der Waals surface area contributed by atoms with E-state index < -0.39 is 5.97 Å². The van der Waals surface area contributed by atoms with Crippen LogP contribution in [0, 0.1) is 0 Å². The standard InChI is InChI=1S/C13H17NO3S2/c1-2-9-3-5-11(15)14(9)7-8-18-12-6-4-10(19-12)13(16)17/h4,6,9H,2-3,5,7-8H2,1H3,(H,16,17). The maximum absolute atomic E-state index is 11.7. The molecule has 1 unspecified atom stereocenters. The zero-order chi connectivity index (χ0) is 13.8. The first-order chi connectivity index (χ1) is 9.11. The summed E-state index contributed by atoms with van der Waals surface area (Å²) in [4.78, 5) is 24.8. The van der Waals surface area contributed by atoms with E-state index >= 15 is 0 Å². The fourth-order valence-corrected chi connectivity index (χ4v) is 4.27. The van der Waals surface area contributed by atoms with Gasteiger partial charge in [-0.1, -0.05) is 6.92 Å². The van der Waals surface area contributed by atoms with Gasteiger partial charge >= 0.3 is 5.97 Å². The molecule has 1 aromatic rings. The number of nitrogens with zero attached hydrogens (tertiary/aromatic N) is 1. The van der Waals surface area contributed by atoms with E-state index in [0.717, 1.165) is 29.3 Å². The third-order valence-corrected chi connectivity index (χ3v) is 5.57. The average molecular weight is 299 g/mol. The second-order valence-electron chi connectivity index (χ2n) is 4.46. The largest absolute Gasteiger partial charge is 0.477 e. The minimum absolute atomic E-state index is 0.254. The van der Waals surface area contributed by atoms with Crippen molar-refractivity contribution in [2.75, 3.05) is 12.3 Å². The SMILES string of the molecule is CCC1CCC(=O)N1CCSc1ccc(C(=O)O)s1. The van der Waals surface area contributed by atoms with Crippen molar-refractivity contribution >= 4 is 35.0 Å². The number of carbonyl (C=O) groups excluding carboxylic acids is 1. The molecule has 104 valence electrons. The van der Waals surface area contributed by atoms with Crippen LogP contribution in [0.3, 0.4) is 0 Å². The molecular weight excluding hydrogens is 282 g/mol. The smallest absolute Gasteiger partial charge is 0.345 e. The quantitative estimate of drug-likeness (QED) is 0.821. The Bertz CT molecular complexity index is 472. The molecule has 0 bridgehead atoms. The van der Waals surface area contributed by atoms with Gasteiger partial charge in [-0.25, -0.2) is 4.79 Å². The summed E-state index contributed by atoms with van der Waals surface area (Å²) in [5, 5.41) is 8.85. The van der Waals surface area contributed by atoms with Crippen LogP contribution in [0.25, 0.3) is 0 Å². The highest BCUT2D eigenvalue weighted by Gasteiger charge is 2.28. The van der Waals surface area contributed by atoms with Gasteiger partial charge < -0.3 is 10.0 Å². The molecule has 0 aromatic carbocycles. The molecule has 2 rings (SSSR count). The Kier molecular flexibility index (Phi) is 4.87. The third-order valence-electron chi connectivity index (χ3n) is 3.29. The Morgan fingerprint density at radius 2 is 2.37 bits per heavy atom. The number of likely N-dealkylation sites (tertiary alicyclic amines) is 1. The number of thiophene rings is 1. The second-order valence-corrected chi connectivity index (χ2v) is 6.94. The molecule has 1 aliphatic rings. The maximum Gasteiger partial charge on any atom is 0.345 e. The number of hydrogen-bond donors (Lipinski definition) is 1. The second kappa shape index (κ2) is 6.43. The molecule has 2 heterocycles. The lowest BCUT2D eigenvalue weighted by Crippen LogP contribution is -2.34. The number of hydrogen-bond acceptors (Lipinski definition) is 4. The summed E-state index contributed by atoms with van der Waals surface area (Å²) in [6, 6.07) is 3.86. The lowest BCUT2D eigenvalue weighted by atomic mass is 10.2. The van der Waals surface area contributed by atoms with Crippen molar-refractivity contribution in [3.63, 3.8) is 0 Å². The first kappa shape index (κ1) is 14.4. The molecule has 1 fully saturated rings. The van der Waals surface area contributed by atoms with E-state index in [1.165, 1.54) is 11.3 Å². The fraction of sp³-hybridized carbons (Fsp3) is 0.538. The Morgan fingerprint density at radius 3 is 3.00 bits per heavy atom. The highest BCUT2D eigenvalue weighted by Crippen LogP contribution is 2.28. The summed E-state index contributed by atoms with van der Waals surface area (Å²) < 4.78 is 0.997. The van der Waals surface area contributed by atoms with E-state index in [0.29, 0.717) is 17.3 Å². The minimum Gasteiger partial charge on any atom is -0.477 e. The third kappa shape index (κ3) is 3.51. The van der Waals surface area contributed by atoms with Crippen molar-refractivity contribution in [1.82, 2.24) is 4.90 Å². The van der Waals surface area contributed by atoms with Gasteiger partial charge in [0.15, 0.2) is 0 Å². The molecule has 19 heavy (non-hydrogen) atoms. The van der Waals surface area contributed by atoms with Gasteiger partial charge in [0.05, 0.1) is 4.21 Å². The van der Waals surface area contributed by atoms with E-state index in [2.05, 4.69) is 6.92 Å². The molecule has 0 aliphatic carbocycles. The highest BCUT2D eigenvalue weighted by molar-refractivity contribution is 8.01. The molecule has 1 atom stereocenters. The topological polar surface area (TPSA) is 57.6 Å². The molecule has 4 nitrogen and oxygen atoms in total. The Labute approximate surface area is 120 Å². The first-order valence-corrected chi connectivity index (χ1v) is 8.17. The van der Waals surface area contributed by atoms with Crippen LogP contribution in [-0.2, 0) is 4.79 Å². The number of carboxylic acid groups (broad SMARTS) is 1. The van der Waals surface area contributed by atoms with E-state index in [4.69, 9.17) is 5.11 Å². The fourth-order valence-electron chi connectivity index (χ4n) is 2.28. The predicted octanol–water partition coefficient (Wildman–Crippen LogP) is 2.94. The van der Waals surface area contributed by atoms with Crippen LogP contribution in [-0.4, -0.2) is 40.2 Å². The molecule has 0 saturated carbocycles. The number of amides is 1. The molecular formula is C13H17NO3S2. The molecule has 1 aromatic heterocycles. The molecule has 1 aliphatic heterocycles. The average Bonchev–Trinajstić information content (AvgIpc) is 2.98. The summed E-state index contributed by atoms with van der Waals surface area (Å²) in [5.74, 6) is 0.199. The van der Waals surface area contributed by atoms with Crippen molar-refractivity contribution in [2.45, 2.75) is 36.4 Å². The van der Waals surface area contributed by atoms with Crippen LogP contribution >= 0.6 is 23.1 Å². The van der Waals surface area contributed by atoms with Gasteiger partial charge in [-0.2, -0.15) is 0 Å². The van der Waals surface area contributed by atoms with Crippen molar-refractivity contribution in [3.05, 3.63) is 17.0 Å². The first-order valence-electron chi connectivity index (χ1n) is 6.37. The number of aromatic carboxylic acids is 1. The number of rotatable bonds is 6. The molecule has 6 heteroatoms.